The molecule has 1 N–H and O–H groups in total. The van der Waals surface area contributed by atoms with E-state index in [2.05, 4.69) is 17.3 Å². The van der Waals surface area contributed by atoms with Crippen LogP contribution in [0.1, 0.15) is 24.6 Å². The van der Waals surface area contributed by atoms with E-state index in [1.54, 1.807) is 0 Å². The molecule has 0 saturated heterocycles. The first-order valence-corrected chi connectivity index (χ1v) is 6.65. The van der Waals surface area contributed by atoms with Gasteiger partial charge in [0, 0.05) is 31.0 Å². The molecule has 0 amide bonds. The third-order valence-electron chi connectivity index (χ3n) is 2.93. The van der Waals surface area contributed by atoms with Crippen LogP contribution in [0, 0.1) is 6.92 Å². The predicted molar refractivity (Wildman–Crippen MR) is 77.5 cm³/mol. The summed E-state index contributed by atoms with van der Waals surface area (Å²) in [6, 6.07) is 8.07. The van der Waals surface area contributed by atoms with Gasteiger partial charge in [-0.15, -0.1) is 0 Å². The van der Waals surface area contributed by atoms with E-state index >= 15 is 0 Å². The Balaban J connectivity index is 1.91. The smallest absolute Gasteiger partial charge is 0.119 e. The van der Waals surface area contributed by atoms with Crippen molar-refractivity contribution < 1.29 is 4.74 Å². The molecule has 4 heteroatoms. The molecule has 0 spiro atoms. The summed E-state index contributed by atoms with van der Waals surface area (Å²) in [6.45, 7) is 5.68. The Bertz CT molecular complexity index is 517. The lowest BCUT2D eigenvalue weighted by molar-refractivity contribution is 0.317. The Hall–Kier alpha value is -1.97. The normalized spacial score (nSPS) is 10.5. The zero-order valence-corrected chi connectivity index (χ0v) is 11.8. The second-order valence-electron chi connectivity index (χ2n) is 4.64. The topological polar surface area (TPSA) is 39.1 Å². The van der Waals surface area contributed by atoms with Gasteiger partial charge in [-0.25, -0.2) is 0 Å². The third-order valence-corrected chi connectivity index (χ3v) is 2.93. The van der Waals surface area contributed by atoms with Gasteiger partial charge in [-0.2, -0.15) is 5.10 Å². The fourth-order valence-corrected chi connectivity index (χ4v) is 1.91. The van der Waals surface area contributed by atoms with Crippen LogP contribution in [0.5, 0.6) is 5.75 Å². The van der Waals surface area contributed by atoms with Crippen LogP contribution in [-0.4, -0.2) is 16.4 Å². The van der Waals surface area contributed by atoms with Crippen LogP contribution in [0.15, 0.2) is 30.5 Å². The highest BCUT2D eigenvalue weighted by Crippen LogP contribution is 2.17. The Morgan fingerprint density at radius 1 is 1.26 bits per heavy atom. The molecule has 0 radical (unpaired) electrons. The van der Waals surface area contributed by atoms with Crippen LogP contribution in [0.4, 0.5) is 5.69 Å². The maximum Gasteiger partial charge on any atom is 0.119 e. The van der Waals surface area contributed by atoms with Gasteiger partial charge in [0.2, 0.25) is 0 Å². The maximum absolute atomic E-state index is 5.55. The van der Waals surface area contributed by atoms with Crippen molar-refractivity contribution in [1.82, 2.24) is 9.78 Å². The molecular formula is C15H21N3O. The summed E-state index contributed by atoms with van der Waals surface area (Å²) in [6.07, 6.45) is 3.07. The quantitative estimate of drug-likeness (QED) is 0.866. The fraction of sp³-hybridized carbons (Fsp3) is 0.400. The molecule has 0 saturated carbocycles. The molecule has 0 bridgehead atoms. The standard InChI is InChI=1S/C15H21N3O/c1-4-9-19-15-7-5-14(6-8-15)16-10-13-11-18(3)17-12(13)2/h5-8,11,16H,4,9-10H2,1-3H3. The number of ether oxygens (including phenoxy) is 1. The summed E-state index contributed by atoms with van der Waals surface area (Å²) in [4.78, 5) is 0. The molecule has 2 rings (SSSR count). The molecule has 2 aromatic rings. The summed E-state index contributed by atoms with van der Waals surface area (Å²) >= 11 is 0. The van der Waals surface area contributed by atoms with Crippen molar-refractivity contribution in [3.63, 3.8) is 0 Å². The van der Waals surface area contributed by atoms with E-state index in [4.69, 9.17) is 4.74 Å². The lowest BCUT2D eigenvalue weighted by Gasteiger charge is -2.08. The van der Waals surface area contributed by atoms with Crippen LogP contribution in [-0.2, 0) is 13.6 Å². The lowest BCUT2D eigenvalue weighted by Crippen LogP contribution is -2.00. The van der Waals surface area contributed by atoms with E-state index in [9.17, 15) is 0 Å². The Labute approximate surface area is 114 Å². The monoisotopic (exact) mass is 259 g/mol. The number of nitrogens with one attached hydrogen (secondary N) is 1. The van der Waals surface area contributed by atoms with E-state index in [1.165, 1.54) is 5.56 Å². The third kappa shape index (κ3) is 3.74. The molecule has 19 heavy (non-hydrogen) atoms. The van der Waals surface area contributed by atoms with Crippen LogP contribution in [0.3, 0.4) is 0 Å². The second-order valence-corrected chi connectivity index (χ2v) is 4.64. The maximum atomic E-state index is 5.55. The Morgan fingerprint density at radius 2 is 2.00 bits per heavy atom. The minimum absolute atomic E-state index is 0.766. The molecule has 0 aliphatic rings. The zero-order valence-electron chi connectivity index (χ0n) is 11.8. The summed E-state index contributed by atoms with van der Waals surface area (Å²) < 4.78 is 7.40. The molecule has 1 aromatic heterocycles. The van der Waals surface area contributed by atoms with E-state index in [1.807, 2.05) is 49.1 Å². The average molecular weight is 259 g/mol. The van der Waals surface area contributed by atoms with Crippen molar-refractivity contribution in [2.75, 3.05) is 11.9 Å². The van der Waals surface area contributed by atoms with Gasteiger partial charge >= 0.3 is 0 Å². The highest BCUT2D eigenvalue weighted by atomic mass is 16.5. The number of aromatic nitrogens is 2. The van der Waals surface area contributed by atoms with E-state index in [0.717, 1.165) is 36.7 Å². The van der Waals surface area contributed by atoms with Gasteiger partial charge < -0.3 is 10.1 Å². The largest absolute Gasteiger partial charge is 0.494 e. The van der Waals surface area contributed by atoms with Crippen molar-refractivity contribution >= 4 is 5.69 Å². The Morgan fingerprint density at radius 3 is 2.58 bits per heavy atom. The summed E-state index contributed by atoms with van der Waals surface area (Å²) in [7, 11) is 1.94. The molecule has 102 valence electrons. The van der Waals surface area contributed by atoms with E-state index in [0.29, 0.717) is 0 Å². The average Bonchev–Trinajstić information content (AvgIpc) is 2.73. The SMILES string of the molecule is CCCOc1ccc(NCc2cn(C)nc2C)cc1. The number of hydrogen-bond donors (Lipinski definition) is 1. The number of nitrogens with zero attached hydrogens (tertiary/aromatic N) is 2. The minimum atomic E-state index is 0.766. The van der Waals surface area contributed by atoms with Crippen molar-refractivity contribution in [1.29, 1.82) is 0 Å². The number of anilines is 1. The van der Waals surface area contributed by atoms with Crippen LogP contribution in [0.25, 0.3) is 0 Å². The van der Waals surface area contributed by atoms with Crippen LogP contribution < -0.4 is 10.1 Å². The van der Waals surface area contributed by atoms with Crippen molar-refractivity contribution in [3.05, 3.63) is 41.7 Å². The summed E-state index contributed by atoms with van der Waals surface area (Å²) in [5, 5.41) is 7.72. The predicted octanol–water partition coefficient (Wildman–Crippen LogP) is 3.13. The van der Waals surface area contributed by atoms with Crippen LogP contribution >= 0.6 is 0 Å². The number of hydrogen-bond acceptors (Lipinski definition) is 3. The molecule has 0 unspecified atom stereocenters. The molecule has 4 nitrogen and oxygen atoms in total. The van der Waals surface area contributed by atoms with Crippen molar-refractivity contribution in [3.8, 4) is 5.75 Å². The highest BCUT2D eigenvalue weighted by molar-refractivity contribution is 5.46. The van der Waals surface area contributed by atoms with Gasteiger partial charge in [0.1, 0.15) is 5.75 Å². The molecule has 1 heterocycles. The van der Waals surface area contributed by atoms with Gasteiger partial charge in [0.15, 0.2) is 0 Å². The fourth-order valence-electron chi connectivity index (χ4n) is 1.91. The Kier molecular flexibility index (Phi) is 4.44. The number of aryl methyl sites for hydroxylation is 2. The zero-order chi connectivity index (χ0) is 13.7. The van der Waals surface area contributed by atoms with Gasteiger partial charge in [-0.05, 0) is 37.6 Å². The molecule has 1 aromatic carbocycles. The van der Waals surface area contributed by atoms with E-state index in [-0.39, 0.29) is 0 Å². The molecular weight excluding hydrogens is 238 g/mol. The van der Waals surface area contributed by atoms with E-state index < -0.39 is 0 Å². The van der Waals surface area contributed by atoms with Crippen LogP contribution in [0.2, 0.25) is 0 Å². The minimum Gasteiger partial charge on any atom is -0.494 e. The summed E-state index contributed by atoms with van der Waals surface area (Å²) in [5.74, 6) is 0.921. The van der Waals surface area contributed by atoms with Gasteiger partial charge in [0.05, 0.1) is 12.3 Å². The number of rotatable bonds is 6. The van der Waals surface area contributed by atoms with Crippen molar-refractivity contribution in [2.45, 2.75) is 26.8 Å². The van der Waals surface area contributed by atoms with Gasteiger partial charge in [-0.3, -0.25) is 4.68 Å². The molecule has 0 aliphatic carbocycles. The first-order chi connectivity index (χ1) is 9.19. The molecule has 0 atom stereocenters. The van der Waals surface area contributed by atoms with Gasteiger partial charge in [0.25, 0.3) is 0 Å². The molecule has 0 aliphatic heterocycles. The summed E-state index contributed by atoms with van der Waals surface area (Å²) in [5.41, 5.74) is 3.37. The first kappa shape index (κ1) is 13.5. The van der Waals surface area contributed by atoms with Crippen molar-refractivity contribution in [2.24, 2.45) is 7.05 Å². The number of benzene rings is 1. The van der Waals surface area contributed by atoms with Gasteiger partial charge in [-0.1, -0.05) is 6.92 Å². The lowest BCUT2D eigenvalue weighted by atomic mass is 10.2. The molecule has 0 fully saturated rings. The second kappa shape index (κ2) is 6.27. The first-order valence-electron chi connectivity index (χ1n) is 6.65. The highest BCUT2D eigenvalue weighted by Gasteiger charge is 2.02.